The van der Waals surface area contributed by atoms with Crippen LogP contribution in [-0.2, 0) is 0 Å². The van der Waals surface area contributed by atoms with Gasteiger partial charge in [0.2, 0.25) is 0 Å². The van der Waals surface area contributed by atoms with E-state index in [9.17, 15) is 9.18 Å². The summed E-state index contributed by atoms with van der Waals surface area (Å²) in [5, 5.41) is 8.97. The molecule has 0 amide bonds. The summed E-state index contributed by atoms with van der Waals surface area (Å²) in [6, 6.07) is 2.65. The number of hydrogen-bond acceptors (Lipinski definition) is 3. The van der Waals surface area contributed by atoms with Crippen LogP contribution in [0.4, 0.5) is 4.39 Å². The standard InChI is InChI=1S/C12H15FO3S/c1-3-4-5-17-10-7-8(16-2)6-9(13)11(10)12(14)15/h6-7H,3-5H2,1-2H3,(H,14,15). The van der Waals surface area contributed by atoms with E-state index in [-0.39, 0.29) is 5.56 Å². The summed E-state index contributed by atoms with van der Waals surface area (Å²) in [5.41, 5.74) is -0.271. The Hall–Kier alpha value is -1.23. The van der Waals surface area contributed by atoms with Crippen LogP contribution < -0.4 is 4.74 Å². The van der Waals surface area contributed by atoms with Gasteiger partial charge in [-0.2, -0.15) is 0 Å². The molecule has 0 fully saturated rings. The van der Waals surface area contributed by atoms with Crippen molar-refractivity contribution in [1.29, 1.82) is 0 Å². The number of carboxylic acids is 1. The minimum Gasteiger partial charge on any atom is -0.497 e. The van der Waals surface area contributed by atoms with Crippen LogP contribution in [0, 0.1) is 5.82 Å². The number of carbonyl (C=O) groups is 1. The van der Waals surface area contributed by atoms with E-state index in [0.717, 1.165) is 24.7 Å². The van der Waals surface area contributed by atoms with E-state index in [1.807, 2.05) is 6.92 Å². The lowest BCUT2D eigenvalue weighted by Crippen LogP contribution is -2.04. The van der Waals surface area contributed by atoms with Crippen molar-refractivity contribution in [2.45, 2.75) is 24.7 Å². The molecule has 0 bridgehead atoms. The zero-order chi connectivity index (χ0) is 12.8. The maximum Gasteiger partial charge on any atom is 0.339 e. The van der Waals surface area contributed by atoms with Crippen molar-refractivity contribution in [3.63, 3.8) is 0 Å². The molecule has 3 nitrogen and oxygen atoms in total. The number of benzene rings is 1. The first-order valence-corrected chi connectivity index (χ1v) is 6.32. The van der Waals surface area contributed by atoms with Crippen molar-refractivity contribution in [3.05, 3.63) is 23.5 Å². The molecule has 0 aliphatic rings. The minimum atomic E-state index is -1.25. The molecular weight excluding hydrogens is 243 g/mol. The van der Waals surface area contributed by atoms with E-state index in [1.165, 1.54) is 18.9 Å². The lowest BCUT2D eigenvalue weighted by Gasteiger charge is -2.09. The summed E-state index contributed by atoms with van der Waals surface area (Å²) in [6.45, 7) is 2.05. The molecule has 0 radical (unpaired) electrons. The van der Waals surface area contributed by atoms with Crippen LogP contribution in [0.3, 0.4) is 0 Å². The van der Waals surface area contributed by atoms with E-state index >= 15 is 0 Å². The summed E-state index contributed by atoms with van der Waals surface area (Å²) >= 11 is 1.34. The van der Waals surface area contributed by atoms with Crippen molar-refractivity contribution < 1.29 is 19.0 Å². The molecule has 5 heteroatoms. The molecular formula is C12H15FO3S. The summed E-state index contributed by atoms with van der Waals surface area (Å²) in [5.74, 6) is -0.893. The van der Waals surface area contributed by atoms with Crippen molar-refractivity contribution in [2.24, 2.45) is 0 Å². The van der Waals surface area contributed by atoms with Crippen LogP contribution in [0.25, 0.3) is 0 Å². The number of ether oxygens (including phenoxy) is 1. The second-order valence-electron chi connectivity index (χ2n) is 3.49. The Morgan fingerprint density at radius 2 is 2.24 bits per heavy atom. The molecule has 1 aromatic rings. The first kappa shape index (κ1) is 13.8. The highest BCUT2D eigenvalue weighted by atomic mass is 32.2. The summed E-state index contributed by atoms with van der Waals surface area (Å²) < 4.78 is 18.5. The minimum absolute atomic E-state index is 0.271. The number of hydrogen-bond donors (Lipinski definition) is 1. The van der Waals surface area contributed by atoms with Crippen molar-refractivity contribution >= 4 is 17.7 Å². The zero-order valence-corrected chi connectivity index (χ0v) is 10.6. The maximum atomic E-state index is 13.6. The van der Waals surface area contributed by atoms with E-state index in [1.54, 1.807) is 6.07 Å². The molecule has 0 spiro atoms. The Balaban J connectivity index is 3.04. The second-order valence-corrected chi connectivity index (χ2v) is 4.63. The fourth-order valence-corrected chi connectivity index (χ4v) is 2.51. The van der Waals surface area contributed by atoms with Gasteiger partial charge in [0.15, 0.2) is 0 Å². The first-order chi connectivity index (χ1) is 8.10. The summed E-state index contributed by atoms with van der Waals surface area (Å²) in [6.07, 6.45) is 1.98. The van der Waals surface area contributed by atoms with Gasteiger partial charge in [-0.3, -0.25) is 0 Å². The van der Waals surface area contributed by atoms with Gasteiger partial charge in [0.05, 0.1) is 7.11 Å². The Morgan fingerprint density at radius 3 is 2.76 bits per heavy atom. The van der Waals surface area contributed by atoms with Gasteiger partial charge in [-0.1, -0.05) is 13.3 Å². The van der Waals surface area contributed by atoms with Gasteiger partial charge in [0.25, 0.3) is 0 Å². The van der Waals surface area contributed by atoms with Gasteiger partial charge < -0.3 is 9.84 Å². The average molecular weight is 258 g/mol. The third-order valence-corrected chi connectivity index (χ3v) is 3.36. The fraction of sp³-hybridized carbons (Fsp3) is 0.417. The molecule has 0 aliphatic carbocycles. The van der Waals surface area contributed by atoms with E-state index in [4.69, 9.17) is 9.84 Å². The Labute approximate surface area is 104 Å². The van der Waals surface area contributed by atoms with Crippen molar-refractivity contribution in [3.8, 4) is 5.75 Å². The van der Waals surface area contributed by atoms with Gasteiger partial charge in [0, 0.05) is 11.0 Å². The van der Waals surface area contributed by atoms with Gasteiger partial charge in [-0.25, -0.2) is 9.18 Å². The lowest BCUT2D eigenvalue weighted by molar-refractivity contribution is 0.0687. The number of methoxy groups -OCH3 is 1. The zero-order valence-electron chi connectivity index (χ0n) is 9.83. The highest BCUT2D eigenvalue weighted by molar-refractivity contribution is 7.99. The molecule has 0 saturated carbocycles. The molecule has 0 heterocycles. The van der Waals surface area contributed by atoms with Gasteiger partial charge in [-0.05, 0) is 18.2 Å². The SMILES string of the molecule is CCCCSc1cc(OC)cc(F)c1C(=O)O. The number of rotatable bonds is 6. The third kappa shape index (κ3) is 3.63. The van der Waals surface area contributed by atoms with Crippen LogP contribution in [-0.4, -0.2) is 23.9 Å². The number of halogens is 1. The topological polar surface area (TPSA) is 46.5 Å². The number of thioether (sulfide) groups is 1. The molecule has 17 heavy (non-hydrogen) atoms. The fourth-order valence-electron chi connectivity index (χ4n) is 1.32. The molecule has 94 valence electrons. The van der Waals surface area contributed by atoms with Crippen LogP contribution in [0.5, 0.6) is 5.75 Å². The van der Waals surface area contributed by atoms with Crippen molar-refractivity contribution in [2.75, 3.05) is 12.9 Å². The number of carboxylic acid groups (broad SMARTS) is 1. The third-order valence-electron chi connectivity index (χ3n) is 2.23. The summed E-state index contributed by atoms with van der Waals surface area (Å²) in [4.78, 5) is 11.4. The molecule has 0 aliphatic heterocycles. The van der Waals surface area contributed by atoms with Crippen LogP contribution >= 0.6 is 11.8 Å². The predicted octanol–water partition coefficient (Wildman–Crippen LogP) is 3.42. The second kappa shape index (κ2) is 6.49. The van der Waals surface area contributed by atoms with Crippen LogP contribution in [0.2, 0.25) is 0 Å². The summed E-state index contributed by atoms with van der Waals surface area (Å²) in [7, 11) is 1.43. The highest BCUT2D eigenvalue weighted by Gasteiger charge is 2.18. The smallest absolute Gasteiger partial charge is 0.339 e. The molecule has 0 saturated heterocycles. The first-order valence-electron chi connectivity index (χ1n) is 5.33. The lowest BCUT2D eigenvalue weighted by atomic mass is 10.2. The van der Waals surface area contributed by atoms with E-state index < -0.39 is 11.8 Å². The Kier molecular flexibility index (Phi) is 5.28. The monoisotopic (exact) mass is 258 g/mol. The Bertz CT molecular complexity index is 407. The van der Waals surface area contributed by atoms with Crippen LogP contribution in [0.1, 0.15) is 30.1 Å². The van der Waals surface area contributed by atoms with E-state index in [2.05, 4.69) is 0 Å². The normalized spacial score (nSPS) is 10.3. The predicted molar refractivity (Wildman–Crippen MR) is 65.5 cm³/mol. The van der Waals surface area contributed by atoms with Gasteiger partial charge in [-0.15, -0.1) is 11.8 Å². The molecule has 1 aromatic carbocycles. The largest absolute Gasteiger partial charge is 0.497 e. The molecule has 1 N–H and O–H groups in total. The quantitative estimate of drug-likeness (QED) is 0.627. The maximum absolute atomic E-state index is 13.6. The number of aromatic carboxylic acids is 1. The van der Waals surface area contributed by atoms with E-state index in [0.29, 0.717) is 10.6 Å². The van der Waals surface area contributed by atoms with Gasteiger partial charge >= 0.3 is 5.97 Å². The van der Waals surface area contributed by atoms with Crippen LogP contribution in [0.15, 0.2) is 17.0 Å². The molecule has 0 atom stereocenters. The number of unbranched alkanes of at least 4 members (excludes halogenated alkanes) is 1. The molecule has 0 aromatic heterocycles. The molecule has 1 rings (SSSR count). The molecule has 0 unspecified atom stereocenters. The Morgan fingerprint density at radius 1 is 1.53 bits per heavy atom. The highest BCUT2D eigenvalue weighted by Crippen LogP contribution is 2.30. The van der Waals surface area contributed by atoms with Crippen molar-refractivity contribution in [1.82, 2.24) is 0 Å². The average Bonchev–Trinajstić information content (AvgIpc) is 2.28. The van der Waals surface area contributed by atoms with Gasteiger partial charge in [0.1, 0.15) is 17.1 Å².